The van der Waals surface area contributed by atoms with E-state index in [0.29, 0.717) is 22.1 Å². The van der Waals surface area contributed by atoms with Crippen LogP contribution in [0.25, 0.3) is 0 Å². The Morgan fingerprint density at radius 1 is 1.23 bits per heavy atom. The van der Waals surface area contributed by atoms with Crippen molar-refractivity contribution in [2.45, 2.75) is 13.3 Å². The highest BCUT2D eigenvalue weighted by molar-refractivity contribution is 6.39. The molecule has 0 bridgehead atoms. The molecule has 0 fully saturated rings. The zero-order chi connectivity index (χ0) is 18.7. The zero-order valence-corrected chi connectivity index (χ0v) is 14.6. The van der Waals surface area contributed by atoms with Gasteiger partial charge in [0.25, 0.3) is 5.78 Å². The van der Waals surface area contributed by atoms with Crippen molar-refractivity contribution in [1.29, 1.82) is 0 Å². The molecule has 0 aliphatic carbocycles. The van der Waals surface area contributed by atoms with Crippen molar-refractivity contribution >= 4 is 29.1 Å². The predicted molar refractivity (Wildman–Crippen MR) is 89.4 cm³/mol. The third kappa shape index (κ3) is 3.57. The maximum Gasteiger partial charge on any atom is 0.375 e. The fourth-order valence-electron chi connectivity index (χ4n) is 2.58. The number of esters is 1. The Morgan fingerprint density at radius 3 is 2.62 bits per heavy atom. The third-order valence-electron chi connectivity index (χ3n) is 3.84. The van der Waals surface area contributed by atoms with Crippen LogP contribution < -0.4 is 9.47 Å². The highest BCUT2D eigenvalue weighted by atomic mass is 35.5. The second-order valence-electron chi connectivity index (χ2n) is 5.48. The lowest BCUT2D eigenvalue weighted by atomic mass is 9.90. The first-order valence-corrected chi connectivity index (χ1v) is 8.25. The molecule has 1 aliphatic rings. The summed E-state index contributed by atoms with van der Waals surface area (Å²) in [6.45, 7) is 1.66. The molecule has 26 heavy (non-hydrogen) atoms. The second-order valence-corrected chi connectivity index (χ2v) is 5.89. The number of Topliss-reactive ketones (excluding diaryl/α,β-unsaturated/α-hetero) is 2. The molecule has 2 heterocycles. The smallest absolute Gasteiger partial charge is 0.375 e. The van der Waals surface area contributed by atoms with E-state index in [4.69, 9.17) is 30.2 Å². The van der Waals surface area contributed by atoms with Crippen molar-refractivity contribution in [2.24, 2.45) is 5.92 Å². The minimum absolute atomic E-state index is 0.0236. The molecule has 0 radical (unpaired) electrons. The van der Waals surface area contributed by atoms with Crippen molar-refractivity contribution in [3.63, 3.8) is 0 Å². The molecule has 0 spiro atoms. The van der Waals surface area contributed by atoms with E-state index in [0.717, 1.165) is 0 Å². The summed E-state index contributed by atoms with van der Waals surface area (Å²) in [5.41, 5.74) is 0.471. The summed E-state index contributed by atoms with van der Waals surface area (Å²) in [5, 5.41) is 0.295. The molecule has 8 heteroatoms. The molecular formula is C18H15ClO7. The molecule has 1 atom stereocenters. The Bertz CT molecular complexity index is 841. The van der Waals surface area contributed by atoms with E-state index < -0.39 is 23.5 Å². The first-order chi connectivity index (χ1) is 12.5. The number of rotatable bonds is 7. The van der Waals surface area contributed by atoms with Crippen LogP contribution in [-0.4, -0.2) is 30.9 Å². The number of halogens is 1. The van der Waals surface area contributed by atoms with Gasteiger partial charge in [0.15, 0.2) is 17.3 Å². The summed E-state index contributed by atoms with van der Waals surface area (Å²) in [4.78, 5) is 37.1. The summed E-state index contributed by atoms with van der Waals surface area (Å²) >= 11 is 6.23. The number of hydrogen-bond donors (Lipinski definition) is 0. The lowest BCUT2D eigenvalue weighted by molar-refractivity contribution is -0.154. The van der Waals surface area contributed by atoms with Crippen LogP contribution in [0.5, 0.6) is 11.5 Å². The summed E-state index contributed by atoms with van der Waals surface area (Å²) in [5.74, 6) is -3.07. The molecule has 1 aromatic heterocycles. The molecular weight excluding hydrogens is 364 g/mol. The van der Waals surface area contributed by atoms with Gasteiger partial charge in [0.1, 0.15) is 0 Å². The van der Waals surface area contributed by atoms with Gasteiger partial charge < -0.3 is 18.6 Å². The van der Waals surface area contributed by atoms with Gasteiger partial charge in [-0.3, -0.25) is 9.59 Å². The first kappa shape index (κ1) is 18.0. The van der Waals surface area contributed by atoms with E-state index in [-0.39, 0.29) is 25.6 Å². The minimum atomic E-state index is -1.32. The summed E-state index contributed by atoms with van der Waals surface area (Å²) in [7, 11) is 0. The monoisotopic (exact) mass is 378 g/mol. The van der Waals surface area contributed by atoms with E-state index in [1.807, 2.05) is 0 Å². The van der Waals surface area contributed by atoms with E-state index >= 15 is 0 Å². The number of ether oxygens (including phenoxy) is 3. The normalized spacial score (nSPS) is 13.3. The van der Waals surface area contributed by atoms with Crippen LogP contribution in [-0.2, 0) is 20.7 Å². The van der Waals surface area contributed by atoms with Gasteiger partial charge in [0.05, 0.1) is 18.8 Å². The zero-order valence-electron chi connectivity index (χ0n) is 13.8. The Labute approximate surface area is 153 Å². The van der Waals surface area contributed by atoms with Crippen molar-refractivity contribution in [3.8, 4) is 11.5 Å². The average molecular weight is 379 g/mol. The quantitative estimate of drug-likeness (QED) is 0.316. The molecule has 0 amide bonds. The van der Waals surface area contributed by atoms with Gasteiger partial charge in [0.2, 0.25) is 12.6 Å². The van der Waals surface area contributed by atoms with E-state index in [2.05, 4.69) is 0 Å². The first-order valence-electron chi connectivity index (χ1n) is 7.88. The summed E-state index contributed by atoms with van der Waals surface area (Å²) in [6.07, 6.45) is 1.21. The Balaban J connectivity index is 1.92. The van der Waals surface area contributed by atoms with Crippen molar-refractivity contribution in [2.75, 3.05) is 13.4 Å². The van der Waals surface area contributed by atoms with Crippen LogP contribution in [0.3, 0.4) is 0 Å². The second kappa shape index (κ2) is 7.61. The third-order valence-corrected chi connectivity index (χ3v) is 4.19. The predicted octanol–water partition coefficient (Wildman–Crippen LogP) is 2.84. The molecule has 0 saturated heterocycles. The number of furan rings is 1. The van der Waals surface area contributed by atoms with E-state index in [1.165, 1.54) is 18.4 Å². The Hall–Kier alpha value is -2.80. The molecule has 1 aromatic carbocycles. The van der Waals surface area contributed by atoms with Gasteiger partial charge in [-0.1, -0.05) is 11.6 Å². The average Bonchev–Trinajstić information content (AvgIpc) is 3.30. The van der Waals surface area contributed by atoms with Crippen molar-refractivity contribution in [3.05, 3.63) is 46.9 Å². The number of benzene rings is 1. The minimum Gasteiger partial charge on any atom is -0.461 e. The Morgan fingerprint density at radius 2 is 1.96 bits per heavy atom. The van der Waals surface area contributed by atoms with Gasteiger partial charge in [-0.25, -0.2) is 4.79 Å². The lowest BCUT2D eigenvalue weighted by Gasteiger charge is -2.14. The molecule has 7 nitrogen and oxygen atoms in total. The largest absolute Gasteiger partial charge is 0.461 e. The van der Waals surface area contributed by atoms with Crippen LogP contribution >= 0.6 is 11.6 Å². The van der Waals surface area contributed by atoms with Crippen LogP contribution in [0, 0.1) is 5.92 Å². The highest BCUT2D eigenvalue weighted by Gasteiger charge is 2.35. The fourth-order valence-corrected chi connectivity index (χ4v) is 2.81. The van der Waals surface area contributed by atoms with Gasteiger partial charge in [-0.05, 0) is 37.1 Å². The van der Waals surface area contributed by atoms with Crippen LogP contribution in [0.1, 0.15) is 23.0 Å². The highest BCUT2D eigenvalue weighted by Crippen LogP contribution is 2.37. The van der Waals surface area contributed by atoms with E-state index in [1.54, 1.807) is 19.1 Å². The number of hydrogen-bond acceptors (Lipinski definition) is 7. The van der Waals surface area contributed by atoms with Gasteiger partial charge >= 0.3 is 5.97 Å². The maximum atomic E-state index is 12.7. The van der Waals surface area contributed by atoms with Gasteiger partial charge in [0, 0.05) is 11.1 Å². The number of fused-ring (bicyclic) bond motifs is 1. The lowest BCUT2D eigenvalue weighted by Crippen LogP contribution is -2.33. The molecule has 0 saturated carbocycles. The van der Waals surface area contributed by atoms with Gasteiger partial charge in [-0.2, -0.15) is 0 Å². The molecule has 1 aliphatic heterocycles. The van der Waals surface area contributed by atoms with Crippen molar-refractivity contribution in [1.82, 2.24) is 0 Å². The Kier molecular flexibility index (Phi) is 5.27. The standard InChI is InChI=1S/C18H15ClO7/c1-2-23-18(22)17(21)11(16(20)13-4-3-5-24-13)6-10-7-14-15(8-12(10)19)26-9-25-14/h3-5,7-8,11H,2,6,9H2,1H3. The molecule has 2 aromatic rings. The van der Waals surface area contributed by atoms with Gasteiger partial charge in [-0.15, -0.1) is 0 Å². The molecule has 3 rings (SSSR count). The van der Waals surface area contributed by atoms with Crippen LogP contribution in [0.2, 0.25) is 5.02 Å². The molecule has 136 valence electrons. The number of carbonyl (C=O) groups excluding carboxylic acids is 3. The van der Waals surface area contributed by atoms with Crippen LogP contribution in [0.15, 0.2) is 34.9 Å². The van der Waals surface area contributed by atoms with Crippen LogP contribution in [0.4, 0.5) is 0 Å². The SMILES string of the molecule is CCOC(=O)C(=O)C(Cc1cc2c(cc1Cl)OCO2)C(=O)c1ccco1. The number of ketones is 2. The summed E-state index contributed by atoms with van der Waals surface area (Å²) < 4.78 is 20.3. The topological polar surface area (TPSA) is 92.0 Å². The number of carbonyl (C=O) groups is 3. The maximum absolute atomic E-state index is 12.7. The van der Waals surface area contributed by atoms with E-state index in [9.17, 15) is 14.4 Å². The molecule has 0 N–H and O–H groups in total. The fraction of sp³-hybridized carbons (Fsp3) is 0.278. The molecule has 1 unspecified atom stereocenters. The van der Waals surface area contributed by atoms with Crippen molar-refractivity contribution < 1.29 is 33.0 Å². The summed E-state index contributed by atoms with van der Waals surface area (Å²) in [6, 6.07) is 6.08.